The molecule has 2 N–H and O–H groups in total. The van der Waals surface area contributed by atoms with E-state index in [2.05, 4.69) is 13.8 Å². The normalized spacial score (nSPS) is 14.0. The molecule has 1 rings (SSSR count). The summed E-state index contributed by atoms with van der Waals surface area (Å²) in [5, 5.41) is 0. The van der Waals surface area contributed by atoms with Gasteiger partial charge in [0.2, 0.25) is 0 Å². The third-order valence-corrected chi connectivity index (χ3v) is 1.59. The number of rotatable bonds is 2. The Balaban J connectivity index is 2.68. The lowest BCUT2D eigenvalue weighted by molar-refractivity contribution is 0.402. The molecule has 0 amide bonds. The zero-order valence-electron chi connectivity index (χ0n) is 6.37. The summed E-state index contributed by atoms with van der Waals surface area (Å²) in [4.78, 5) is 0. The SMILES string of the molecule is CC(C)[C@@H](N)c1ccco1. The van der Waals surface area contributed by atoms with Crippen LogP contribution in [0.3, 0.4) is 0 Å². The minimum atomic E-state index is 0.0370. The first-order valence-electron chi connectivity index (χ1n) is 3.51. The van der Waals surface area contributed by atoms with E-state index in [-0.39, 0.29) is 6.04 Å². The molecule has 1 aromatic rings. The van der Waals surface area contributed by atoms with Crippen LogP contribution in [0, 0.1) is 5.92 Å². The zero-order chi connectivity index (χ0) is 7.56. The molecule has 0 fully saturated rings. The van der Waals surface area contributed by atoms with Crippen LogP contribution in [0.25, 0.3) is 0 Å². The van der Waals surface area contributed by atoms with Crippen LogP contribution < -0.4 is 5.73 Å². The van der Waals surface area contributed by atoms with E-state index in [1.807, 2.05) is 12.1 Å². The number of furan rings is 1. The molecule has 0 aromatic carbocycles. The summed E-state index contributed by atoms with van der Waals surface area (Å²) in [5.41, 5.74) is 5.79. The lowest BCUT2D eigenvalue weighted by atomic mass is 10.0. The summed E-state index contributed by atoms with van der Waals surface area (Å²) < 4.78 is 5.13. The molecule has 56 valence electrons. The minimum absolute atomic E-state index is 0.0370. The second kappa shape index (κ2) is 2.88. The van der Waals surface area contributed by atoms with Crippen LogP contribution in [-0.4, -0.2) is 0 Å². The molecule has 10 heavy (non-hydrogen) atoms. The van der Waals surface area contributed by atoms with Crippen LogP contribution in [0.5, 0.6) is 0 Å². The van der Waals surface area contributed by atoms with Gasteiger partial charge in [-0.2, -0.15) is 0 Å². The van der Waals surface area contributed by atoms with Crippen molar-refractivity contribution in [1.82, 2.24) is 0 Å². The summed E-state index contributed by atoms with van der Waals surface area (Å²) in [7, 11) is 0. The van der Waals surface area contributed by atoms with Crippen LogP contribution in [0.4, 0.5) is 0 Å². The largest absolute Gasteiger partial charge is 0.468 e. The van der Waals surface area contributed by atoms with Crippen molar-refractivity contribution in [3.05, 3.63) is 24.2 Å². The molecular formula is C8H13NO. The molecule has 0 aliphatic heterocycles. The van der Waals surface area contributed by atoms with Crippen molar-refractivity contribution >= 4 is 0 Å². The Morgan fingerprint density at radius 1 is 1.50 bits per heavy atom. The summed E-state index contributed by atoms with van der Waals surface area (Å²) in [6, 6.07) is 3.80. The van der Waals surface area contributed by atoms with Gasteiger partial charge in [-0.3, -0.25) is 0 Å². The van der Waals surface area contributed by atoms with Crippen LogP contribution in [0.2, 0.25) is 0 Å². The fourth-order valence-corrected chi connectivity index (χ4v) is 0.809. The highest BCUT2D eigenvalue weighted by Gasteiger charge is 2.11. The van der Waals surface area contributed by atoms with Gasteiger partial charge in [-0.15, -0.1) is 0 Å². The maximum Gasteiger partial charge on any atom is 0.120 e. The standard InChI is InChI=1S/C8H13NO/c1-6(2)8(9)7-4-3-5-10-7/h3-6,8H,9H2,1-2H3/t8-/m1/s1. The van der Waals surface area contributed by atoms with Crippen molar-refractivity contribution in [2.45, 2.75) is 19.9 Å². The first-order valence-corrected chi connectivity index (χ1v) is 3.51. The molecule has 1 aromatic heterocycles. The fourth-order valence-electron chi connectivity index (χ4n) is 0.809. The van der Waals surface area contributed by atoms with Gasteiger partial charge in [-0.05, 0) is 18.1 Å². The molecule has 2 nitrogen and oxygen atoms in total. The molecule has 2 heteroatoms. The van der Waals surface area contributed by atoms with Crippen LogP contribution in [-0.2, 0) is 0 Å². The number of hydrogen-bond donors (Lipinski definition) is 1. The molecule has 0 unspecified atom stereocenters. The van der Waals surface area contributed by atoms with Gasteiger partial charge in [-0.1, -0.05) is 13.8 Å². The zero-order valence-corrected chi connectivity index (χ0v) is 6.37. The maximum atomic E-state index is 5.79. The molecule has 1 heterocycles. The van der Waals surface area contributed by atoms with Crippen molar-refractivity contribution in [3.8, 4) is 0 Å². The summed E-state index contributed by atoms with van der Waals surface area (Å²) in [6.07, 6.45) is 1.65. The average Bonchev–Trinajstić information content (AvgIpc) is 2.36. The minimum Gasteiger partial charge on any atom is -0.468 e. The highest BCUT2D eigenvalue weighted by Crippen LogP contribution is 2.18. The van der Waals surface area contributed by atoms with E-state index < -0.39 is 0 Å². The third-order valence-electron chi connectivity index (χ3n) is 1.59. The lowest BCUT2D eigenvalue weighted by Crippen LogP contribution is -2.15. The van der Waals surface area contributed by atoms with Gasteiger partial charge in [0.25, 0.3) is 0 Å². The fraction of sp³-hybridized carbons (Fsp3) is 0.500. The van der Waals surface area contributed by atoms with Crippen molar-refractivity contribution in [3.63, 3.8) is 0 Å². The quantitative estimate of drug-likeness (QED) is 0.680. The second-order valence-electron chi connectivity index (χ2n) is 2.79. The van der Waals surface area contributed by atoms with Crippen molar-refractivity contribution < 1.29 is 4.42 Å². The first-order chi connectivity index (χ1) is 4.72. The molecular weight excluding hydrogens is 126 g/mol. The molecule has 0 aliphatic rings. The third kappa shape index (κ3) is 1.39. The predicted molar refractivity (Wildman–Crippen MR) is 40.5 cm³/mol. The predicted octanol–water partition coefficient (Wildman–Crippen LogP) is 1.94. The van der Waals surface area contributed by atoms with Gasteiger partial charge >= 0.3 is 0 Å². The van der Waals surface area contributed by atoms with E-state index >= 15 is 0 Å². The van der Waals surface area contributed by atoms with E-state index in [4.69, 9.17) is 10.2 Å². The van der Waals surface area contributed by atoms with Gasteiger partial charge in [-0.25, -0.2) is 0 Å². The Morgan fingerprint density at radius 2 is 2.20 bits per heavy atom. The Hall–Kier alpha value is -0.760. The molecule has 0 radical (unpaired) electrons. The molecule has 1 atom stereocenters. The van der Waals surface area contributed by atoms with Gasteiger partial charge < -0.3 is 10.2 Å². The van der Waals surface area contributed by atoms with Crippen LogP contribution in [0.15, 0.2) is 22.8 Å². The molecule has 0 spiro atoms. The van der Waals surface area contributed by atoms with Crippen LogP contribution in [0.1, 0.15) is 25.6 Å². The number of hydrogen-bond acceptors (Lipinski definition) is 2. The van der Waals surface area contributed by atoms with Gasteiger partial charge in [0.15, 0.2) is 0 Å². The highest BCUT2D eigenvalue weighted by molar-refractivity contribution is 5.03. The van der Waals surface area contributed by atoms with Crippen molar-refractivity contribution in [1.29, 1.82) is 0 Å². The smallest absolute Gasteiger partial charge is 0.120 e. The molecule has 0 bridgehead atoms. The lowest BCUT2D eigenvalue weighted by Gasteiger charge is -2.11. The topological polar surface area (TPSA) is 39.2 Å². The number of nitrogens with two attached hydrogens (primary N) is 1. The van der Waals surface area contributed by atoms with E-state index in [1.54, 1.807) is 6.26 Å². The van der Waals surface area contributed by atoms with Crippen molar-refractivity contribution in [2.24, 2.45) is 11.7 Å². The van der Waals surface area contributed by atoms with E-state index in [1.165, 1.54) is 0 Å². The summed E-state index contributed by atoms with van der Waals surface area (Å²) >= 11 is 0. The summed E-state index contributed by atoms with van der Waals surface area (Å²) in [6.45, 7) is 4.15. The Kier molecular flexibility index (Phi) is 2.12. The van der Waals surface area contributed by atoms with Gasteiger partial charge in [0.1, 0.15) is 5.76 Å². The van der Waals surface area contributed by atoms with Gasteiger partial charge in [0.05, 0.1) is 12.3 Å². The summed E-state index contributed by atoms with van der Waals surface area (Å²) in [5.74, 6) is 1.31. The Bertz CT molecular complexity index is 179. The highest BCUT2D eigenvalue weighted by atomic mass is 16.3. The molecule has 0 saturated heterocycles. The average molecular weight is 139 g/mol. The molecule has 0 aliphatic carbocycles. The molecule has 0 saturated carbocycles. The monoisotopic (exact) mass is 139 g/mol. The van der Waals surface area contributed by atoms with Crippen molar-refractivity contribution in [2.75, 3.05) is 0 Å². The maximum absolute atomic E-state index is 5.79. The van der Waals surface area contributed by atoms with E-state index in [0.29, 0.717) is 5.92 Å². The first kappa shape index (κ1) is 7.35. The second-order valence-corrected chi connectivity index (χ2v) is 2.79. The Labute approximate surface area is 61.0 Å². The van der Waals surface area contributed by atoms with E-state index in [9.17, 15) is 0 Å². The van der Waals surface area contributed by atoms with E-state index in [0.717, 1.165) is 5.76 Å². The Morgan fingerprint density at radius 3 is 2.60 bits per heavy atom. The van der Waals surface area contributed by atoms with Gasteiger partial charge in [0, 0.05) is 0 Å². The van der Waals surface area contributed by atoms with Crippen LogP contribution >= 0.6 is 0 Å².